The third-order valence-electron chi connectivity index (χ3n) is 4.92. The van der Waals surface area contributed by atoms with Gasteiger partial charge >= 0.3 is 0 Å². The molecule has 2 rings (SSSR count). The Hall–Kier alpha value is -0.520. The lowest BCUT2D eigenvalue weighted by Gasteiger charge is -2.47. The van der Waals surface area contributed by atoms with Crippen molar-refractivity contribution < 1.29 is 0 Å². The minimum Gasteiger partial charge on any atom is -0.0998 e. The fourth-order valence-electron chi connectivity index (χ4n) is 3.44. The summed E-state index contributed by atoms with van der Waals surface area (Å²) in [5.74, 6) is 1.60. The van der Waals surface area contributed by atoms with Crippen molar-refractivity contribution in [1.29, 1.82) is 0 Å². The smallest absolute Gasteiger partial charge is 0.00850 e. The summed E-state index contributed by atoms with van der Waals surface area (Å²) >= 11 is 0. The first kappa shape index (κ1) is 11.0. The molecule has 0 heteroatoms. The zero-order valence-electron chi connectivity index (χ0n) is 10.5. The maximum atomic E-state index is 4.14. The molecule has 2 aliphatic rings. The zero-order valence-corrected chi connectivity index (χ0v) is 10.5. The van der Waals surface area contributed by atoms with Gasteiger partial charge < -0.3 is 0 Å². The fraction of sp³-hybridized carbons (Fsp3) is 0.733. The minimum atomic E-state index is 0.486. The summed E-state index contributed by atoms with van der Waals surface area (Å²) in [5.41, 5.74) is 3.61. The second kappa shape index (κ2) is 3.81. The van der Waals surface area contributed by atoms with Crippen LogP contribution in [0.1, 0.15) is 52.9 Å². The highest BCUT2D eigenvalue weighted by Gasteiger charge is 2.41. The summed E-state index contributed by atoms with van der Waals surface area (Å²) < 4.78 is 0. The number of allylic oxidation sites excluding steroid dienone is 3. The molecule has 1 unspecified atom stereocenters. The Morgan fingerprint density at radius 2 is 2.27 bits per heavy atom. The molecule has 0 spiro atoms. The summed E-state index contributed by atoms with van der Waals surface area (Å²) in [6.07, 6.45) is 9.28. The molecule has 0 radical (unpaired) electrons. The Labute approximate surface area is 94.5 Å². The first-order chi connectivity index (χ1) is 7.04. The van der Waals surface area contributed by atoms with Crippen molar-refractivity contribution in [1.82, 2.24) is 0 Å². The van der Waals surface area contributed by atoms with Gasteiger partial charge in [-0.1, -0.05) is 37.6 Å². The molecule has 1 fully saturated rings. The zero-order chi connectivity index (χ0) is 11.1. The quantitative estimate of drug-likeness (QED) is 0.542. The Bertz CT molecular complexity index is 297. The van der Waals surface area contributed by atoms with Gasteiger partial charge in [0, 0.05) is 0 Å². The molecule has 0 heterocycles. The molecule has 0 amide bonds. The normalized spacial score (nSPS) is 40.6. The Kier molecular flexibility index (Phi) is 2.79. The fourth-order valence-corrected chi connectivity index (χ4v) is 3.44. The molecule has 3 atom stereocenters. The molecule has 1 saturated carbocycles. The van der Waals surface area contributed by atoms with Crippen molar-refractivity contribution in [3.05, 3.63) is 23.8 Å². The van der Waals surface area contributed by atoms with Crippen molar-refractivity contribution in [2.75, 3.05) is 0 Å². The van der Waals surface area contributed by atoms with Crippen LogP contribution in [0.2, 0.25) is 0 Å². The summed E-state index contributed by atoms with van der Waals surface area (Å²) in [7, 11) is 0. The van der Waals surface area contributed by atoms with E-state index in [1.54, 1.807) is 5.57 Å². The highest BCUT2D eigenvalue weighted by atomic mass is 14.5. The van der Waals surface area contributed by atoms with E-state index in [1.165, 1.54) is 37.7 Å². The van der Waals surface area contributed by atoms with Crippen molar-refractivity contribution >= 4 is 0 Å². The summed E-state index contributed by atoms with van der Waals surface area (Å²) in [6.45, 7) is 11.3. The monoisotopic (exact) mass is 204 g/mol. The molecule has 0 N–H and O–H groups in total. The Morgan fingerprint density at radius 3 is 2.93 bits per heavy atom. The number of hydrogen-bond acceptors (Lipinski definition) is 0. The maximum Gasteiger partial charge on any atom is -0.00850 e. The highest BCUT2D eigenvalue weighted by molar-refractivity contribution is 5.23. The van der Waals surface area contributed by atoms with E-state index in [1.807, 2.05) is 0 Å². The van der Waals surface area contributed by atoms with Gasteiger partial charge in [0.2, 0.25) is 0 Å². The Balaban J connectivity index is 2.26. The first-order valence-electron chi connectivity index (χ1n) is 6.39. The van der Waals surface area contributed by atoms with E-state index in [0.717, 1.165) is 11.8 Å². The number of rotatable bonds is 1. The molecule has 0 saturated heterocycles. The lowest BCUT2D eigenvalue weighted by Crippen LogP contribution is -2.36. The summed E-state index contributed by atoms with van der Waals surface area (Å²) in [5, 5.41) is 0. The van der Waals surface area contributed by atoms with Gasteiger partial charge in [0.15, 0.2) is 0 Å². The van der Waals surface area contributed by atoms with Crippen LogP contribution < -0.4 is 0 Å². The van der Waals surface area contributed by atoms with Gasteiger partial charge in [0.05, 0.1) is 0 Å². The third kappa shape index (κ3) is 1.79. The van der Waals surface area contributed by atoms with Gasteiger partial charge in [0.1, 0.15) is 0 Å². The van der Waals surface area contributed by atoms with E-state index < -0.39 is 0 Å². The van der Waals surface area contributed by atoms with E-state index in [2.05, 4.69) is 33.4 Å². The standard InChI is InChI=1S/C15H24/c1-11(2)13-8-9-14-7-5-6-12(3)15(14,4)10-13/h9,12-13H,1,5-8,10H2,2-4H3/t12-,13?,15+/m1/s1. The van der Waals surface area contributed by atoms with Crippen LogP contribution in [0.4, 0.5) is 0 Å². The van der Waals surface area contributed by atoms with Gasteiger partial charge in [-0.05, 0) is 56.3 Å². The maximum absolute atomic E-state index is 4.14. The molecule has 0 nitrogen and oxygen atoms in total. The van der Waals surface area contributed by atoms with Crippen LogP contribution in [0, 0.1) is 17.3 Å². The van der Waals surface area contributed by atoms with Crippen LogP contribution in [-0.2, 0) is 0 Å². The molecule has 2 aliphatic carbocycles. The average molecular weight is 204 g/mol. The largest absolute Gasteiger partial charge is 0.0998 e. The summed E-state index contributed by atoms with van der Waals surface area (Å²) in [4.78, 5) is 0. The minimum absolute atomic E-state index is 0.486. The molecule has 0 bridgehead atoms. The van der Waals surface area contributed by atoms with E-state index in [9.17, 15) is 0 Å². The van der Waals surface area contributed by atoms with Gasteiger partial charge in [0.25, 0.3) is 0 Å². The first-order valence-corrected chi connectivity index (χ1v) is 6.39. The lowest BCUT2D eigenvalue weighted by molar-refractivity contribution is 0.152. The van der Waals surface area contributed by atoms with Crippen LogP contribution in [0.25, 0.3) is 0 Å². The summed E-state index contributed by atoms with van der Waals surface area (Å²) in [6, 6.07) is 0. The van der Waals surface area contributed by atoms with Crippen molar-refractivity contribution in [2.45, 2.75) is 52.9 Å². The molecule has 0 aromatic carbocycles. The second-order valence-electron chi connectivity index (χ2n) is 5.92. The molecule has 0 aromatic heterocycles. The van der Waals surface area contributed by atoms with Crippen LogP contribution in [0.3, 0.4) is 0 Å². The van der Waals surface area contributed by atoms with Crippen LogP contribution in [0.15, 0.2) is 23.8 Å². The topological polar surface area (TPSA) is 0 Å². The predicted octanol–water partition coefficient (Wildman–Crippen LogP) is 4.73. The molecular weight excluding hydrogens is 180 g/mol. The highest BCUT2D eigenvalue weighted by Crippen LogP contribution is 2.52. The lowest BCUT2D eigenvalue weighted by atomic mass is 9.58. The molecular formula is C15H24. The molecule has 84 valence electrons. The van der Waals surface area contributed by atoms with Crippen LogP contribution >= 0.6 is 0 Å². The predicted molar refractivity (Wildman–Crippen MR) is 66.7 cm³/mol. The van der Waals surface area contributed by atoms with Gasteiger partial charge in [-0.2, -0.15) is 0 Å². The van der Waals surface area contributed by atoms with E-state index in [0.29, 0.717) is 5.41 Å². The Morgan fingerprint density at radius 1 is 1.53 bits per heavy atom. The van der Waals surface area contributed by atoms with Crippen molar-refractivity contribution in [2.24, 2.45) is 17.3 Å². The van der Waals surface area contributed by atoms with Gasteiger partial charge in [-0.25, -0.2) is 0 Å². The van der Waals surface area contributed by atoms with E-state index in [-0.39, 0.29) is 0 Å². The number of fused-ring (bicyclic) bond motifs is 1. The van der Waals surface area contributed by atoms with Gasteiger partial charge in [-0.15, -0.1) is 0 Å². The van der Waals surface area contributed by atoms with Crippen molar-refractivity contribution in [3.8, 4) is 0 Å². The second-order valence-corrected chi connectivity index (χ2v) is 5.92. The van der Waals surface area contributed by atoms with Gasteiger partial charge in [-0.3, -0.25) is 0 Å². The van der Waals surface area contributed by atoms with E-state index >= 15 is 0 Å². The van der Waals surface area contributed by atoms with Crippen molar-refractivity contribution in [3.63, 3.8) is 0 Å². The van der Waals surface area contributed by atoms with E-state index in [4.69, 9.17) is 0 Å². The molecule has 0 aromatic rings. The number of hydrogen-bond donors (Lipinski definition) is 0. The molecule has 15 heavy (non-hydrogen) atoms. The third-order valence-corrected chi connectivity index (χ3v) is 4.92. The van der Waals surface area contributed by atoms with Crippen LogP contribution in [-0.4, -0.2) is 0 Å². The SMILES string of the molecule is C=C(C)C1CC=C2CCC[C@@H](C)[C@]2(C)C1. The van der Waals surface area contributed by atoms with Crippen LogP contribution in [0.5, 0.6) is 0 Å². The average Bonchev–Trinajstić information content (AvgIpc) is 2.19. The molecule has 0 aliphatic heterocycles.